The number of aromatic nitrogens is 2. The third kappa shape index (κ3) is 3.35. The van der Waals surface area contributed by atoms with Crippen LogP contribution in [0.3, 0.4) is 0 Å². The van der Waals surface area contributed by atoms with Crippen LogP contribution < -0.4 is 5.32 Å². The molecule has 0 saturated carbocycles. The molecular formula is C30H25N3O2. The monoisotopic (exact) mass is 459 g/mol. The largest absolute Gasteiger partial charge is 0.463 e. The summed E-state index contributed by atoms with van der Waals surface area (Å²) in [5.74, 6) is -0.655. The fourth-order valence-electron chi connectivity index (χ4n) is 5.15. The van der Waals surface area contributed by atoms with E-state index in [9.17, 15) is 4.79 Å². The van der Waals surface area contributed by atoms with Crippen LogP contribution in [-0.2, 0) is 9.53 Å². The van der Waals surface area contributed by atoms with Crippen molar-refractivity contribution in [1.82, 2.24) is 9.97 Å². The van der Waals surface area contributed by atoms with Crippen LogP contribution >= 0.6 is 0 Å². The Labute approximate surface area is 203 Å². The topological polar surface area (TPSA) is 64.1 Å². The standard InChI is InChI=1S/C30H25N3O2/c1-4-35-30(34)24-18(3)31-27-20-9-5-6-10-21(20)28-29(33-23-12-8-7-11-22(23)32-28)26(27)25(24)19-15-13-17(2)14-16-19/h5-16,25,31H,4H2,1-3H3. The van der Waals surface area contributed by atoms with Gasteiger partial charge in [-0.25, -0.2) is 14.8 Å². The minimum Gasteiger partial charge on any atom is -0.463 e. The van der Waals surface area contributed by atoms with Crippen LogP contribution in [-0.4, -0.2) is 22.5 Å². The number of fused-ring (bicyclic) bond motifs is 7. The van der Waals surface area contributed by atoms with E-state index in [1.165, 1.54) is 0 Å². The van der Waals surface area contributed by atoms with Gasteiger partial charge in [-0.15, -0.1) is 0 Å². The number of carbonyl (C=O) groups excluding carboxylic acids is 1. The van der Waals surface area contributed by atoms with Crippen molar-refractivity contribution in [2.24, 2.45) is 0 Å². The van der Waals surface area contributed by atoms with Crippen molar-refractivity contribution in [2.45, 2.75) is 26.7 Å². The third-order valence-electron chi connectivity index (χ3n) is 6.75. The van der Waals surface area contributed by atoms with Gasteiger partial charge >= 0.3 is 5.97 Å². The fraction of sp³-hybridized carbons (Fsp3) is 0.167. The molecule has 6 rings (SSSR count). The van der Waals surface area contributed by atoms with Gasteiger partial charge in [0.1, 0.15) is 0 Å². The molecule has 1 N–H and O–H groups in total. The lowest BCUT2D eigenvalue weighted by Gasteiger charge is -2.32. The second-order valence-corrected chi connectivity index (χ2v) is 8.97. The maximum Gasteiger partial charge on any atom is 0.336 e. The Morgan fingerprint density at radius 3 is 2.17 bits per heavy atom. The molecular weight excluding hydrogens is 434 g/mol. The Morgan fingerprint density at radius 2 is 1.49 bits per heavy atom. The lowest BCUT2D eigenvalue weighted by molar-refractivity contribution is -0.138. The summed E-state index contributed by atoms with van der Waals surface area (Å²) in [6.45, 7) is 6.15. The predicted octanol–water partition coefficient (Wildman–Crippen LogP) is 6.64. The van der Waals surface area contributed by atoms with E-state index in [0.717, 1.165) is 60.9 Å². The summed E-state index contributed by atoms with van der Waals surface area (Å²) in [6.07, 6.45) is 0. The Bertz CT molecular complexity index is 1670. The summed E-state index contributed by atoms with van der Waals surface area (Å²) in [5, 5.41) is 5.64. The number of esters is 1. The Hall–Kier alpha value is -4.25. The molecule has 0 bridgehead atoms. The third-order valence-corrected chi connectivity index (χ3v) is 6.75. The molecule has 1 aliphatic rings. The van der Waals surface area contributed by atoms with Gasteiger partial charge in [0.25, 0.3) is 0 Å². The maximum absolute atomic E-state index is 13.3. The van der Waals surface area contributed by atoms with Crippen LogP contribution in [0, 0.1) is 6.92 Å². The highest BCUT2D eigenvalue weighted by molar-refractivity contribution is 6.15. The van der Waals surface area contributed by atoms with Crippen molar-refractivity contribution in [3.8, 4) is 0 Å². The van der Waals surface area contributed by atoms with Crippen LogP contribution in [0.1, 0.15) is 36.5 Å². The highest BCUT2D eigenvalue weighted by Crippen LogP contribution is 2.48. The molecule has 2 heterocycles. The molecule has 0 aliphatic carbocycles. The van der Waals surface area contributed by atoms with Gasteiger partial charge in [0, 0.05) is 28.0 Å². The second-order valence-electron chi connectivity index (χ2n) is 8.97. The normalized spacial score (nSPS) is 15.3. The molecule has 1 atom stereocenters. The summed E-state index contributed by atoms with van der Waals surface area (Å²) in [6, 6.07) is 24.5. The molecule has 5 aromatic rings. The SMILES string of the molecule is CCOC(=O)C1=C(C)Nc2c(c3nc4ccccc4nc3c3ccccc23)C1c1ccc(C)cc1. The van der Waals surface area contributed by atoms with Gasteiger partial charge in [-0.2, -0.15) is 0 Å². The number of anilines is 1. The number of nitrogens with zero attached hydrogens (tertiary/aromatic N) is 2. The van der Waals surface area contributed by atoms with Gasteiger partial charge in [0.15, 0.2) is 0 Å². The van der Waals surface area contributed by atoms with Crippen molar-refractivity contribution < 1.29 is 9.53 Å². The summed E-state index contributed by atoms with van der Waals surface area (Å²) in [7, 11) is 0. The number of allylic oxidation sites excluding steroid dienone is 1. The van der Waals surface area contributed by atoms with E-state index in [4.69, 9.17) is 14.7 Å². The van der Waals surface area contributed by atoms with Gasteiger partial charge in [-0.1, -0.05) is 66.2 Å². The van der Waals surface area contributed by atoms with E-state index >= 15 is 0 Å². The molecule has 0 saturated heterocycles. The zero-order valence-corrected chi connectivity index (χ0v) is 19.9. The minimum absolute atomic E-state index is 0.312. The van der Waals surface area contributed by atoms with E-state index in [-0.39, 0.29) is 11.9 Å². The fourth-order valence-corrected chi connectivity index (χ4v) is 5.15. The van der Waals surface area contributed by atoms with E-state index in [1.807, 2.05) is 50.2 Å². The van der Waals surface area contributed by atoms with Gasteiger partial charge in [-0.3, -0.25) is 0 Å². The van der Waals surface area contributed by atoms with E-state index < -0.39 is 0 Å². The van der Waals surface area contributed by atoms with Crippen molar-refractivity contribution in [2.75, 3.05) is 11.9 Å². The van der Waals surface area contributed by atoms with E-state index in [1.54, 1.807) is 0 Å². The molecule has 0 fully saturated rings. The Morgan fingerprint density at radius 1 is 0.857 bits per heavy atom. The van der Waals surface area contributed by atoms with Crippen molar-refractivity contribution in [3.05, 3.63) is 101 Å². The zero-order chi connectivity index (χ0) is 24.1. The average molecular weight is 460 g/mol. The lowest BCUT2D eigenvalue weighted by Crippen LogP contribution is -2.25. The molecule has 0 spiro atoms. The highest BCUT2D eigenvalue weighted by Gasteiger charge is 2.36. The average Bonchev–Trinajstić information content (AvgIpc) is 2.88. The van der Waals surface area contributed by atoms with Crippen molar-refractivity contribution in [1.29, 1.82) is 0 Å². The van der Waals surface area contributed by atoms with E-state index in [2.05, 4.69) is 48.6 Å². The Balaban J connectivity index is 1.78. The first-order chi connectivity index (χ1) is 17.1. The summed E-state index contributed by atoms with van der Waals surface area (Å²) in [5.41, 5.74) is 8.80. The molecule has 1 aliphatic heterocycles. The summed E-state index contributed by atoms with van der Waals surface area (Å²) in [4.78, 5) is 23.5. The first-order valence-electron chi connectivity index (χ1n) is 11.9. The molecule has 5 heteroatoms. The minimum atomic E-state index is -0.339. The number of hydrogen-bond donors (Lipinski definition) is 1. The van der Waals surface area contributed by atoms with Gasteiger partial charge in [0.2, 0.25) is 0 Å². The number of nitrogens with one attached hydrogen (secondary N) is 1. The number of ether oxygens (including phenoxy) is 1. The van der Waals surface area contributed by atoms with Crippen LogP contribution in [0.2, 0.25) is 0 Å². The quantitative estimate of drug-likeness (QED) is 0.186. The number of rotatable bonds is 3. The maximum atomic E-state index is 13.3. The second kappa shape index (κ2) is 8.20. The number of carbonyl (C=O) groups is 1. The first kappa shape index (κ1) is 21.3. The summed E-state index contributed by atoms with van der Waals surface area (Å²) < 4.78 is 5.54. The predicted molar refractivity (Wildman–Crippen MR) is 141 cm³/mol. The first-order valence-corrected chi connectivity index (χ1v) is 11.9. The van der Waals surface area contributed by atoms with Crippen molar-refractivity contribution >= 4 is 44.5 Å². The molecule has 0 radical (unpaired) electrons. The summed E-state index contributed by atoms with van der Waals surface area (Å²) >= 11 is 0. The number of hydrogen-bond acceptors (Lipinski definition) is 5. The highest BCUT2D eigenvalue weighted by atomic mass is 16.5. The van der Waals surface area contributed by atoms with Gasteiger partial charge < -0.3 is 10.1 Å². The smallest absolute Gasteiger partial charge is 0.336 e. The lowest BCUT2D eigenvalue weighted by atomic mass is 9.78. The molecule has 1 unspecified atom stereocenters. The van der Waals surface area contributed by atoms with Gasteiger partial charge in [0.05, 0.1) is 39.9 Å². The van der Waals surface area contributed by atoms with Crippen LogP contribution in [0.5, 0.6) is 0 Å². The molecule has 0 amide bonds. The Kier molecular flexibility index (Phi) is 4.99. The number of benzene rings is 4. The van der Waals surface area contributed by atoms with Crippen LogP contribution in [0.25, 0.3) is 32.8 Å². The van der Waals surface area contributed by atoms with Crippen LogP contribution in [0.4, 0.5) is 5.69 Å². The van der Waals surface area contributed by atoms with Crippen LogP contribution in [0.15, 0.2) is 84.1 Å². The molecule has 35 heavy (non-hydrogen) atoms. The van der Waals surface area contributed by atoms with Crippen molar-refractivity contribution in [3.63, 3.8) is 0 Å². The number of para-hydroxylation sites is 2. The number of aryl methyl sites for hydroxylation is 1. The molecule has 172 valence electrons. The van der Waals surface area contributed by atoms with Gasteiger partial charge in [-0.05, 0) is 38.5 Å². The molecule has 4 aromatic carbocycles. The van der Waals surface area contributed by atoms with E-state index in [0.29, 0.717) is 12.2 Å². The molecule has 5 nitrogen and oxygen atoms in total. The molecule has 1 aromatic heterocycles. The zero-order valence-electron chi connectivity index (χ0n) is 19.9.